The van der Waals surface area contributed by atoms with E-state index < -0.39 is 0 Å². The first kappa shape index (κ1) is 17.1. The van der Waals surface area contributed by atoms with Crippen LogP contribution in [0.1, 0.15) is 44.6 Å². The Morgan fingerprint density at radius 3 is 2.80 bits per heavy atom. The molecule has 0 heterocycles. The van der Waals surface area contributed by atoms with Crippen molar-refractivity contribution in [3.8, 4) is 5.75 Å². The molecule has 1 aromatic carbocycles. The average molecular weight is 296 g/mol. The fraction of sp³-hybridized carbons (Fsp3) is 0.529. The molecule has 0 spiro atoms. The number of halogens is 1. The normalized spacial score (nSPS) is 14.3. The molecule has 0 radical (unpaired) electrons. The van der Waals surface area contributed by atoms with Gasteiger partial charge in [-0.1, -0.05) is 29.8 Å². The second kappa shape index (κ2) is 9.84. The fourth-order valence-corrected chi connectivity index (χ4v) is 2.55. The molecule has 1 aliphatic carbocycles. The van der Waals surface area contributed by atoms with Gasteiger partial charge >= 0.3 is 0 Å². The molecule has 1 aliphatic rings. The van der Waals surface area contributed by atoms with Crippen LogP contribution in [0.5, 0.6) is 5.75 Å². The number of ether oxygens (including phenoxy) is 1. The zero-order valence-corrected chi connectivity index (χ0v) is 13.2. The van der Waals surface area contributed by atoms with Crippen molar-refractivity contribution in [1.29, 1.82) is 0 Å². The maximum Gasteiger partial charge on any atom is 0.123 e. The fourth-order valence-electron chi connectivity index (χ4n) is 2.55. The van der Waals surface area contributed by atoms with Gasteiger partial charge in [-0.2, -0.15) is 0 Å². The van der Waals surface area contributed by atoms with Crippen LogP contribution in [0.3, 0.4) is 0 Å². The van der Waals surface area contributed by atoms with Gasteiger partial charge in [-0.15, -0.1) is 12.4 Å². The number of hydrogen-bond acceptors (Lipinski definition) is 2. The summed E-state index contributed by atoms with van der Waals surface area (Å²) in [5.41, 5.74) is 2.89. The number of nitrogens with one attached hydrogen (secondary N) is 1. The van der Waals surface area contributed by atoms with E-state index in [1.54, 1.807) is 5.57 Å². The van der Waals surface area contributed by atoms with Crippen LogP contribution in [0.15, 0.2) is 35.9 Å². The molecular formula is C17H26ClNO. The molecule has 0 fully saturated rings. The van der Waals surface area contributed by atoms with E-state index >= 15 is 0 Å². The van der Waals surface area contributed by atoms with E-state index in [2.05, 4.69) is 23.5 Å². The van der Waals surface area contributed by atoms with E-state index in [-0.39, 0.29) is 12.4 Å². The maximum atomic E-state index is 5.63. The van der Waals surface area contributed by atoms with Gasteiger partial charge in [0.25, 0.3) is 0 Å². The van der Waals surface area contributed by atoms with Gasteiger partial charge in [0, 0.05) is 12.1 Å². The lowest BCUT2D eigenvalue weighted by molar-refractivity contribution is 0.335. The molecule has 0 atom stereocenters. The molecule has 0 aromatic heterocycles. The lowest BCUT2D eigenvalue weighted by Crippen LogP contribution is -2.16. The minimum Gasteiger partial charge on any atom is -0.494 e. The minimum atomic E-state index is 0. The molecule has 112 valence electrons. The van der Waals surface area contributed by atoms with Crippen molar-refractivity contribution < 1.29 is 4.74 Å². The molecule has 20 heavy (non-hydrogen) atoms. The van der Waals surface area contributed by atoms with E-state index in [0.29, 0.717) is 0 Å². The van der Waals surface area contributed by atoms with E-state index in [4.69, 9.17) is 4.74 Å². The third-order valence-corrected chi connectivity index (χ3v) is 3.60. The van der Waals surface area contributed by atoms with Crippen LogP contribution in [0, 0.1) is 0 Å². The zero-order chi connectivity index (χ0) is 13.3. The molecular weight excluding hydrogens is 270 g/mol. The third kappa shape index (κ3) is 5.56. The Morgan fingerprint density at radius 1 is 1.20 bits per heavy atom. The summed E-state index contributed by atoms with van der Waals surface area (Å²) >= 11 is 0. The summed E-state index contributed by atoms with van der Waals surface area (Å²) in [6.45, 7) is 4.71. The molecule has 2 rings (SSSR count). The average Bonchev–Trinajstić information content (AvgIpc) is 2.47. The topological polar surface area (TPSA) is 21.3 Å². The monoisotopic (exact) mass is 295 g/mol. The number of allylic oxidation sites excluding steroid dienone is 1. The highest BCUT2D eigenvalue weighted by Gasteiger charge is 2.04. The van der Waals surface area contributed by atoms with Crippen molar-refractivity contribution >= 4 is 12.4 Å². The van der Waals surface area contributed by atoms with Gasteiger partial charge in [-0.25, -0.2) is 0 Å². The summed E-state index contributed by atoms with van der Waals surface area (Å²) in [5, 5.41) is 3.53. The zero-order valence-electron chi connectivity index (χ0n) is 12.4. The predicted octanol–water partition coefficient (Wildman–Crippen LogP) is 4.49. The summed E-state index contributed by atoms with van der Waals surface area (Å²) in [6, 6.07) is 8.28. The largest absolute Gasteiger partial charge is 0.494 e. The first-order chi connectivity index (χ1) is 9.40. The van der Waals surface area contributed by atoms with E-state index in [9.17, 15) is 0 Å². The van der Waals surface area contributed by atoms with Gasteiger partial charge in [0.1, 0.15) is 5.75 Å². The Balaban J connectivity index is 0.00000200. The summed E-state index contributed by atoms with van der Waals surface area (Å²) in [5.74, 6) is 1.01. The molecule has 0 bridgehead atoms. The third-order valence-electron chi connectivity index (χ3n) is 3.60. The summed E-state index contributed by atoms with van der Waals surface area (Å²) < 4.78 is 5.63. The van der Waals surface area contributed by atoms with Gasteiger partial charge < -0.3 is 10.1 Å². The van der Waals surface area contributed by atoms with Crippen molar-refractivity contribution in [1.82, 2.24) is 5.32 Å². The first-order valence-electron chi connectivity index (χ1n) is 7.49. The van der Waals surface area contributed by atoms with Crippen LogP contribution in [0.4, 0.5) is 0 Å². The first-order valence-corrected chi connectivity index (χ1v) is 7.49. The van der Waals surface area contributed by atoms with Crippen LogP contribution in [0.25, 0.3) is 0 Å². The van der Waals surface area contributed by atoms with Crippen LogP contribution >= 0.6 is 12.4 Å². The van der Waals surface area contributed by atoms with Gasteiger partial charge in [-0.3, -0.25) is 0 Å². The number of para-hydroxylation sites is 1. The summed E-state index contributed by atoms with van der Waals surface area (Å²) in [6.07, 6.45) is 8.95. The van der Waals surface area contributed by atoms with Gasteiger partial charge in [0.15, 0.2) is 0 Å². The number of benzene rings is 1. The van der Waals surface area contributed by atoms with Crippen molar-refractivity contribution in [3.63, 3.8) is 0 Å². The second-order valence-corrected chi connectivity index (χ2v) is 5.08. The Bertz CT molecular complexity index is 417. The molecule has 1 aromatic rings. The molecule has 2 nitrogen and oxygen atoms in total. The molecule has 0 unspecified atom stereocenters. The molecule has 0 saturated heterocycles. The quantitative estimate of drug-likeness (QED) is 0.591. The standard InChI is InChI=1S/C17H25NO.ClH/c1-2-19-17-11-7-6-10-16(17)14-18-13-12-15-8-4-3-5-9-15;/h6-8,10-11,18H,2-5,9,12-14H2,1H3;1H. The SMILES string of the molecule is CCOc1ccccc1CNCCC1=CCCCC1.Cl. The Morgan fingerprint density at radius 2 is 2.05 bits per heavy atom. The molecule has 1 N–H and O–H groups in total. The van der Waals surface area contributed by atoms with Crippen LogP contribution in [-0.2, 0) is 6.54 Å². The van der Waals surface area contributed by atoms with Crippen LogP contribution in [0.2, 0.25) is 0 Å². The van der Waals surface area contributed by atoms with Gasteiger partial charge in [-0.05, 0) is 51.6 Å². The Labute approximate surface area is 129 Å². The van der Waals surface area contributed by atoms with E-state index in [1.807, 2.05) is 19.1 Å². The van der Waals surface area contributed by atoms with E-state index in [1.165, 1.54) is 37.7 Å². The predicted molar refractivity (Wildman–Crippen MR) is 87.7 cm³/mol. The van der Waals surface area contributed by atoms with Crippen molar-refractivity contribution in [2.24, 2.45) is 0 Å². The second-order valence-electron chi connectivity index (χ2n) is 5.08. The summed E-state index contributed by atoms with van der Waals surface area (Å²) in [7, 11) is 0. The van der Waals surface area contributed by atoms with Gasteiger partial charge in [0.2, 0.25) is 0 Å². The number of hydrogen-bond donors (Lipinski definition) is 1. The highest BCUT2D eigenvalue weighted by atomic mass is 35.5. The van der Waals surface area contributed by atoms with Gasteiger partial charge in [0.05, 0.1) is 6.61 Å². The molecule has 0 aliphatic heterocycles. The number of rotatable bonds is 7. The Hall–Kier alpha value is -0.990. The lowest BCUT2D eigenvalue weighted by Gasteiger charge is -2.14. The maximum absolute atomic E-state index is 5.63. The van der Waals surface area contributed by atoms with Crippen molar-refractivity contribution in [2.75, 3.05) is 13.2 Å². The van der Waals surface area contributed by atoms with E-state index in [0.717, 1.165) is 25.4 Å². The summed E-state index contributed by atoms with van der Waals surface area (Å²) in [4.78, 5) is 0. The molecule has 3 heteroatoms. The molecule has 0 saturated carbocycles. The lowest BCUT2D eigenvalue weighted by atomic mass is 9.97. The Kier molecular flexibility index (Phi) is 8.40. The van der Waals surface area contributed by atoms with Crippen molar-refractivity contribution in [3.05, 3.63) is 41.5 Å². The highest BCUT2D eigenvalue weighted by molar-refractivity contribution is 5.85. The van der Waals surface area contributed by atoms with Crippen LogP contribution < -0.4 is 10.1 Å². The smallest absolute Gasteiger partial charge is 0.123 e. The van der Waals surface area contributed by atoms with Crippen molar-refractivity contribution in [2.45, 2.75) is 45.6 Å². The highest BCUT2D eigenvalue weighted by Crippen LogP contribution is 2.20. The minimum absolute atomic E-state index is 0. The molecule has 0 amide bonds. The van der Waals surface area contributed by atoms with Crippen LogP contribution in [-0.4, -0.2) is 13.2 Å².